The topological polar surface area (TPSA) is 272 Å². The molecule has 3 aliphatic rings. The first-order chi connectivity index (χ1) is 20.9. The number of nitrogens with one attached hydrogen (secondary N) is 1. The van der Waals surface area contributed by atoms with Crippen molar-refractivity contribution in [2.24, 2.45) is 0 Å². The number of nitrogen functional groups attached to an aromatic ring is 2. The van der Waals surface area contributed by atoms with Gasteiger partial charge < -0.3 is 40.0 Å². The molecule has 7 rings (SSSR count). The lowest BCUT2D eigenvalue weighted by molar-refractivity contribution is -0.0583. The summed E-state index contributed by atoms with van der Waals surface area (Å²) in [7, 11) is 0. The minimum Gasteiger partial charge on any atom is -0.387 e. The number of imidazole rings is 2. The van der Waals surface area contributed by atoms with Crippen molar-refractivity contribution >= 4 is 71.7 Å². The largest absolute Gasteiger partial charge is 0.387 e. The molecule has 0 saturated carbocycles. The molecular weight excluding hydrogens is 666 g/mol. The predicted molar refractivity (Wildman–Crippen MR) is 155 cm³/mol. The number of aromatic amines is 1. The molecule has 3 fully saturated rings. The van der Waals surface area contributed by atoms with Crippen LogP contribution in [0, 0.1) is 0 Å². The number of anilines is 2. The molecular formula is C20H24N10O10P2S2. The van der Waals surface area contributed by atoms with Crippen LogP contribution < -0.4 is 17.0 Å². The van der Waals surface area contributed by atoms with Crippen LogP contribution in [-0.2, 0) is 43.9 Å². The van der Waals surface area contributed by atoms with Crippen molar-refractivity contribution in [1.82, 2.24) is 39.0 Å². The number of nitrogens with zero attached hydrogens (tertiary/aromatic N) is 7. The summed E-state index contributed by atoms with van der Waals surface area (Å²) in [4.78, 5) is 46.2. The first-order valence-electron chi connectivity index (χ1n) is 12.8. The molecule has 24 heteroatoms. The quantitative estimate of drug-likeness (QED) is 0.117. The molecule has 0 spiro atoms. The second-order valence-corrected chi connectivity index (χ2v) is 15.7. The van der Waals surface area contributed by atoms with Gasteiger partial charge in [-0.2, -0.15) is 4.98 Å². The van der Waals surface area contributed by atoms with E-state index in [1.807, 2.05) is 0 Å². The van der Waals surface area contributed by atoms with Crippen LogP contribution in [0.15, 0.2) is 23.8 Å². The average Bonchev–Trinajstić information content (AvgIpc) is 3.72. The summed E-state index contributed by atoms with van der Waals surface area (Å²) in [6, 6.07) is 0. The van der Waals surface area contributed by atoms with Gasteiger partial charge in [-0.25, -0.2) is 24.5 Å². The van der Waals surface area contributed by atoms with Crippen LogP contribution >= 0.6 is 25.8 Å². The Labute approximate surface area is 255 Å². The number of nitrogens with two attached hydrogens (primary N) is 2. The second-order valence-electron chi connectivity index (χ2n) is 10.0. The van der Waals surface area contributed by atoms with E-state index >= 15 is 0 Å². The molecule has 0 aliphatic carbocycles. The maximum absolute atomic E-state index is 13.5. The molecule has 2 bridgehead atoms. The third-order valence-corrected chi connectivity index (χ3v) is 10.4. The minimum absolute atomic E-state index is 0.00227. The molecule has 7 heterocycles. The Bertz CT molecular complexity index is 1910. The fourth-order valence-electron chi connectivity index (χ4n) is 5.26. The van der Waals surface area contributed by atoms with Crippen LogP contribution in [0.2, 0.25) is 0 Å². The summed E-state index contributed by atoms with van der Waals surface area (Å²) in [5.74, 6) is -0.0268. The third-order valence-electron chi connectivity index (χ3n) is 7.24. The highest BCUT2D eigenvalue weighted by atomic mass is 32.7. The number of hydrogen-bond acceptors (Lipinski definition) is 17. The second kappa shape index (κ2) is 11.0. The zero-order chi connectivity index (χ0) is 31.0. The molecule has 4 aromatic heterocycles. The van der Waals surface area contributed by atoms with Crippen molar-refractivity contribution in [2.45, 2.75) is 49.4 Å². The van der Waals surface area contributed by atoms with Crippen LogP contribution in [0.1, 0.15) is 18.9 Å². The first kappa shape index (κ1) is 30.1. The standard InChI is InChI=1S/C20H24N10O10P2S2/c21-15-11-16(24-4-23-15)29(5-25-11)10-1-7-8(37-10)2-35-42(34,44)40-14-13(31)9(3-36-41(33,43)39-7)38-19(14)30-6-26-12-17(30)27-20(22)28-18(12)32/h4-10,13-14,19,31H,1-3H2,(H,33,43)(H,34,44)(H2,21,23,24)(H3,22,27,28,32)/t7?,8-,9-,10-,13?,14+,19-,41?,42?/m1/s1. The van der Waals surface area contributed by atoms with Crippen molar-refractivity contribution in [2.75, 3.05) is 24.7 Å². The molecule has 7 N–H and O–H groups in total. The monoisotopic (exact) mass is 690 g/mol. The lowest BCUT2D eigenvalue weighted by Gasteiger charge is -2.26. The van der Waals surface area contributed by atoms with E-state index in [1.54, 1.807) is 4.57 Å². The van der Waals surface area contributed by atoms with Gasteiger partial charge in [-0.1, -0.05) is 12.2 Å². The van der Waals surface area contributed by atoms with E-state index in [1.165, 1.54) is 23.5 Å². The number of thiol groups is 1. The van der Waals surface area contributed by atoms with Crippen molar-refractivity contribution < 1.29 is 42.1 Å². The summed E-state index contributed by atoms with van der Waals surface area (Å²) in [6.45, 7) is -9.12. The van der Waals surface area contributed by atoms with Crippen LogP contribution in [0.3, 0.4) is 0 Å². The Morgan fingerprint density at radius 2 is 1.75 bits per heavy atom. The number of fused-ring (bicyclic) bond motifs is 5. The van der Waals surface area contributed by atoms with E-state index in [4.69, 9.17) is 50.8 Å². The number of hydrogen-bond donors (Lipinski definition) is 6. The Balaban J connectivity index is 1.19. The average molecular weight is 691 g/mol. The van der Waals surface area contributed by atoms with Gasteiger partial charge in [-0.3, -0.25) is 28.0 Å². The molecule has 0 radical (unpaired) electrons. The highest BCUT2D eigenvalue weighted by molar-refractivity contribution is 8.44. The number of aliphatic hydroxyl groups excluding tert-OH is 1. The maximum Gasteiger partial charge on any atom is 0.386 e. The highest BCUT2D eigenvalue weighted by Gasteiger charge is 2.51. The Morgan fingerprint density at radius 1 is 1.00 bits per heavy atom. The van der Waals surface area contributed by atoms with E-state index in [9.17, 15) is 19.4 Å². The van der Waals surface area contributed by atoms with Crippen molar-refractivity contribution in [3.63, 3.8) is 0 Å². The molecule has 3 saturated heterocycles. The Hall–Kier alpha value is -2.59. The molecule has 0 amide bonds. The zero-order valence-electron chi connectivity index (χ0n) is 22.1. The molecule has 20 nitrogen and oxygen atoms in total. The fraction of sp³-hybridized carbons (Fsp3) is 0.500. The van der Waals surface area contributed by atoms with E-state index in [2.05, 4.69) is 42.2 Å². The van der Waals surface area contributed by atoms with Gasteiger partial charge in [0.05, 0.1) is 32.0 Å². The molecule has 4 unspecified atom stereocenters. The zero-order valence-corrected chi connectivity index (χ0v) is 25.6. The molecule has 3 aliphatic heterocycles. The summed E-state index contributed by atoms with van der Waals surface area (Å²) in [5.41, 5.74) is 11.7. The van der Waals surface area contributed by atoms with Crippen LogP contribution in [0.5, 0.6) is 0 Å². The fourth-order valence-corrected chi connectivity index (χ4v) is 8.19. The van der Waals surface area contributed by atoms with Crippen LogP contribution in [-0.4, -0.2) is 92.8 Å². The van der Waals surface area contributed by atoms with Crippen LogP contribution in [0.4, 0.5) is 11.8 Å². The molecule has 44 heavy (non-hydrogen) atoms. The van der Waals surface area contributed by atoms with Crippen molar-refractivity contribution in [1.29, 1.82) is 0 Å². The van der Waals surface area contributed by atoms with Crippen molar-refractivity contribution in [3.8, 4) is 0 Å². The summed E-state index contributed by atoms with van der Waals surface area (Å²) in [5, 5.41) is 11.1. The molecule has 4 aromatic rings. The van der Waals surface area contributed by atoms with Gasteiger partial charge in [0, 0.05) is 6.42 Å². The van der Waals surface area contributed by atoms with Gasteiger partial charge in [-0.05, 0) is 11.8 Å². The molecule has 0 aromatic carbocycles. The third kappa shape index (κ3) is 5.44. The van der Waals surface area contributed by atoms with Gasteiger partial charge in [0.15, 0.2) is 28.9 Å². The van der Waals surface area contributed by atoms with E-state index in [0.29, 0.717) is 11.2 Å². The lowest BCUT2D eigenvalue weighted by Crippen LogP contribution is -2.35. The van der Waals surface area contributed by atoms with Gasteiger partial charge >= 0.3 is 13.5 Å². The summed E-state index contributed by atoms with van der Waals surface area (Å²) < 4.78 is 51.2. The SMILES string of the molecule is Nc1nc2c(ncn2[C@@H]2O[C@@H]3COP(O)(=S)OC4C[C@H](n5cnc6c(N)ncnc65)O[C@@H]4COP(=O)(S)O[C@H]2C3O)c(=O)[nH]1. The molecule has 9 atom stereocenters. The Morgan fingerprint density at radius 3 is 2.57 bits per heavy atom. The summed E-state index contributed by atoms with van der Waals surface area (Å²) >= 11 is 9.39. The van der Waals surface area contributed by atoms with Gasteiger partial charge in [-0.15, -0.1) is 0 Å². The van der Waals surface area contributed by atoms with Gasteiger partial charge in [0.2, 0.25) is 5.95 Å². The normalized spacial score (nSPS) is 36.6. The summed E-state index contributed by atoms with van der Waals surface area (Å²) in [6.07, 6.45) is -3.92. The number of aliphatic hydroxyl groups is 1. The van der Waals surface area contributed by atoms with Crippen molar-refractivity contribution in [3.05, 3.63) is 29.3 Å². The maximum atomic E-state index is 13.5. The van der Waals surface area contributed by atoms with E-state index in [-0.39, 0.29) is 29.4 Å². The lowest BCUT2D eigenvalue weighted by atomic mass is 10.1. The van der Waals surface area contributed by atoms with E-state index < -0.39 is 75.3 Å². The highest BCUT2D eigenvalue weighted by Crippen LogP contribution is 2.58. The number of rotatable bonds is 2. The number of ether oxygens (including phenoxy) is 2. The Kier molecular flexibility index (Phi) is 7.55. The number of aromatic nitrogens is 8. The van der Waals surface area contributed by atoms with Gasteiger partial charge in [0.25, 0.3) is 5.56 Å². The van der Waals surface area contributed by atoms with Crippen LogP contribution in [0.25, 0.3) is 22.3 Å². The first-order valence-corrected chi connectivity index (χ1v) is 18.1. The predicted octanol–water partition coefficient (Wildman–Crippen LogP) is -0.258. The van der Waals surface area contributed by atoms with E-state index in [0.717, 1.165) is 0 Å². The van der Waals surface area contributed by atoms with Gasteiger partial charge in [0.1, 0.15) is 42.5 Å². The smallest absolute Gasteiger partial charge is 0.386 e. The minimum atomic E-state index is -4.27. The molecule has 236 valence electrons. The number of H-pyrrole nitrogens is 1.